The van der Waals surface area contributed by atoms with E-state index >= 15 is 0 Å². The molecule has 1 aromatic carbocycles. The largest absolute Gasteiger partial charge is 0.378 e. The molecule has 7 heteroatoms. The molecular formula is C22H22N4O3. The Hall–Kier alpha value is -3.03. The van der Waals surface area contributed by atoms with Gasteiger partial charge in [-0.25, -0.2) is 9.50 Å². The van der Waals surface area contributed by atoms with E-state index in [-0.39, 0.29) is 11.7 Å². The number of benzene rings is 1. The Morgan fingerprint density at radius 1 is 1.24 bits per heavy atom. The van der Waals surface area contributed by atoms with Crippen molar-refractivity contribution in [3.05, 3.63) is 64.8 Å². The molecule has 0 spiro atoms. The number of hydrogen-bond donors (Lipinski definition) is 0. The molecule has 7 nitrogen and oxygen atoms in total. The van der Waals surface area contributed by atoms with Gasteiger partial charge < -0.3 is 14.0 Å². The normalized spacial score (nSPS) is 16.8. The van der Waals surface area contributed by atoms with E-state index in [4.69, 9.17) is 14.6 Å². The number of pyridine rings is 1. The summed E-state index contributed by atoms with van der Waals surface area (Å²) in [5.41, 5.74) is 4.13. The van der Waals surface area contributed by atoms with Crippen molar-refractivity contribution in [3.8, 4) is 11.1 Å². The van der Waals surface area contributed by atoms with E-state index < -0.39 is 0 Å². The van der Waals surface area contributed by atoms with Crippen LogP contribution in [-0.4, -0.2) is 39.0 Å². The van der Waals surface area contributed by atoms with Gasteiger partial charge in [-0.1, -0.05) is 30.3 Å². The highest BCUT2D eigenvalue weighted by Gasteiger charge is 2.20. The van der Waals surface area contributed by atoms with Crippen LogP contribution in [0.25, 0.3) is 27.7 Å². The predicted molar refractivity (Wildman–Crippen MR) is 110 cm³/mol. The number of hydrogen-bond acceptors (Lipinski definition) is 5. The van der Waals surface area contributed by atoms with Crippen molar-refractivity contribution in [2.45, 2.75) is 32.1 Å². The van der Waals surface area contributed by atoms with Crippen LogP contribution in [-0.2, 0) is 22.6 Å². The fraction of sp³-hybridized carbons (Fsp3) is 0.318. The first-order valence-electron chi connectivity index (χ1n) is 9.82. The van der Waals surface area contributed by atoms with E-state index in [0.29, 0.717) is 24.2 Å². The first kappa shape index (κ1) is 18.0. The highest BCUT2D eigenvalue weighted by molar-refractivity contribution is 5.86. The van der Waals surface area contributed by atoms with E-state index in [1.54, 1.807) is 22.4 Å². The van der Waals surface area contributed by atoms with Crippen LogP contribution in [0, 0.1) is 0 Å². The lowest BCUT2D eigenvalue weighted by atomic mass is 10.1. The van der Waals surface area contributed by atoms with Crippen molar-refractivity contribution in [2.75, 3.05) is 13.7 Å². The molecule has 1 atom stereocenters. The summed E-state index contributed by atoms with van der Waals surface area (Å²) >= 11 is 0. The number of fused-ring (bicyclic) bond motifs is 3. The maximum absolute atomic E-state index is 13.0. The average Bonchev–Trinajstić information content (AvgIpc) is 3.38. The quantitative estimate of drug-likeness (QED) is 0.524. The molecule has 1 fully saturated rings. The number of aromatic nitrogens is 4. The van der Waals surface area contributed by atoms with Gasteiger partial charge in [0.2, 0.25) is 0 Å². The molecule has 5 rings (SSSR count). The number of nitrogens with zero attached hydrogens (tertiary/aromatic N) is 4. The summed E-state index contributed by atoms with van der Waals surface area (Å²) in [6.07, 6.45) is 5.62. The standard InChI is InChI=1S/C22H22N4O3/c1-28-14-18-20(15-6-3-2-4-7-15)21-23-12-17-19(26(21)24-18)9-10-25(22(17)27)13-16-8-5-11-29-16/h2-4,6-7,9-10,12,16H,5,8,11,13-14H2,1H3. The van der Waals surface area contributed by atoms with E-state index in [2.05, 4.69) is 4.98 Å². The fourth-order valence-electron chi connectivity index (χ4n) is 4.04. The highest BCUT2D eigenvalue weighted by atomic mass is 16.5. The van der Waals surface area contributed by atoms with Gasteiger partial charge >= 0.3 is 0 Å². The SMILES string of the molecule is COCc1nn2c(ncc3c(=O)n(CC4CCCO4)ccc32)c1-c1ccccc1. The van der Waals surface area contributed by atoms with E-state index in [0.717, 1.165) is 41.8 Å². The van der Waals surface area contributed by atoms with Crippen LogP contribution < -0.4 is 5.56 Å². The van der Waals surface area contributed by atoms with Crippen LogP contribution in [0.15, 0.2) is 53.6 Å². The molecule has 0 amide bonds. The molecular weight excluding hydrogens is 368 g/mol. The van der Waals surface area contributed by atoms with Gasteiger partial charge in [0.1, 0.15) is 0 Å². The van der Waals surface area contributed by atoms with Crippen LogP contribution in [0.1, 0.15) is 18.5 Å². The third-order valence-electron chi connectivity index (χ3n) is 5.43. The molecule has 4 aromatic rings. The van der Waals surface area contributed by atoms with Crippen molar-refractivity contribution < 1.29 is 9.47 Å². The lowest BCUT2D eigenvalue weighted by Gasteiger charge is -2.12. The molecule has 1 aliphatic rings. The third-order valence-corrected chi connectivity index (χ3v) is 5.43. The Bertz CT molecular complexity index is 1220. The van der Waals surface area contributed by atoms with E-state index in [1.807, 2.05) is 42.6 Å². The molecule has 0 radical (unpaired) electrons. The summed E-state index contributed by atoms with van der Waals surface area (Å²) in [7, 11) is 1.65. The molecule has 1 aliphatic heterocycles. The molecule has 0 N–H and O–H groups in total. The minimum absolute atomic E-state index is 0.0718. The Labute approximate surface area is 167 Å². The smallest absolute Gasteiger partial charge is 0.261 e. The average molecular weight is 390 g/mol. The van der Waals surface area contributed by atoms with Gasteiger partial charge in [-0.2, -0.15) is 5.10 Å². The van der Waals surface area contributed by atoms with Crippen LogP contribution >= 0.6 is 0 Å². The molecule has 0 bridgehead atoms. The van der Waals surface area contributed by atoms with Crippen molar-refractivity contribution in [2.24, 2.45) is 0 Å². The molecule has 4 heterocycles. The zero-order chi connectivity index (χ0) is 19.8. The van der Waals surface area contributed by atoms with Gasteiger partial charge in [-0.15, -0.1) is 0 Å². The number of rotatable bonds is 5. The molecule has 3 aromatic heterocycles. The first-order valence-corrected chi connectivity index (χ1v) is 9.82. The third kappa shape index (κ3) is 3.12. The molecule has 29 heavy (non-hydrogen) atoms. The van der Waals surface area contributed by atoms with Gasteiger partial charge in [-0.3, -0.25) is 4.79 Å². The van der Waals surface area contributed by atoms with Crippen LogP contribution in [0.3, 0.4) is 0 Å². The zero-order valence-electron chi connectivity index (χ0n) is 16.2. The van der Waals surface area contributed by atoms with E-state index in [1.165, 1.54) is 0 Å². The van der Waals surface area contributed by atoms with Crippen molar-refractivity contribution in [3.63, 3.8) is 0 Å². The van der Waals surface area contributed by atoms with Crippen LogP contribution in [0.2, 0.25) is 0 Å². The second-order valence-corrected chi connectivity index (χ2v) is 7.32. The van der Waals surface area contributed by atoms with Gasteiger partial charge in [0, 0.05) is 26.1 Å². The Balaban J connectivity index is 1.68. The lowest BCUT2D eigenvalue weighted by Crippen LogP contribution is -2.26. The maximum atomic E-state index is 13.0. The van der Waals surface area contributed by atoms with Crippen LogP contribution in [0.5, 0.6) is 0 Å². The van der Waals surface area contributed by atoms with Crippen molar-refractivity contribution in [1.82, 2.24) is 19.2 Å². The molecule has 0 saturated carbocycles. The van der Waals surface area contributed by atoms with Crippen molar-refractivity contribution in [1.29, 1.82) is 0 Å². The topological polar surface area (TPSA) is 70.7 Å². The second-order valence-electron chi connectivity index (χ2n) is 7.32. The Morgan fingerprint density at radius 3 is 2.86 bits per heavy atom. The molecule has 1 unspecified atom stereocenters. The summed E-state index contributed by atoms with van der Waals surface area (Å²) in [6.45, 7) is 1.70. The monoisotopic (exact) mass is 390 g/mol. The predicted octanol–water partition coefficient (Wildman–Crippen LogP) is 3.04. The van der Waals surface area contributed by atoms with Crippen LogP contribution in [0.4, 0.5) is 0 Å². The van der Waals surface area contributed by atoms with Gasteiger partial charge in [0.25, 0.3) is 5.56 Å². The lowest BCUT2D eigenvalue weighted by molar-refractivity contribution is 0.0963. The summed E-state index contributed by atoms with van der Waals surface area (Å²) in [4.78, 5) is 17.7. The summed E-state index contributed by atoms with van der Waals surface area (Å²) in [6, 6.07) is 11.9. The minimum Gasteiger partial charge on any atom is -0.378 e. The summed E-state index contributed by atoms with van der Waals surface area (Å²) < 4.78 is 14.5. The van der Waals surface area contributed by atoms with Gasteiger partial charge in [-0.05, 0) is 24.5 Å². The van der Waals surface area contributed by atoms with Gasteiger partial charge in [0.05, 0.1) is 41.4 Å². The Kier molecular flexibility index (Phi) is 4.61. The molecule has 1 saturated heterocycles. The number of ether oxygens (including phenoxy) is 2. The second kappa shape index (κ2) is 7.42. The fourth-order valence-corrected chi connectivity index (χ4v) is 4.04. The maximum Gasteiger partial charge on any atom is 0.261 e. The zero-order valence-corrected chi connectivity index (χ0v) is 16.2. The minimum atomic E-state index is -0.0718. The first-order chi connectivity index (χ1) is 14.3. The summed E-state index contributed by atoms with van der Waals surface area (Å²) in [5, 5.41) is 5.28. The van der Waals surface area contributed by atoms with Gasteiger partial charge in [0.15, 0.2) is 5.65 Å². The number of methoxy groups -OCH3 is 1. The molecule has 148 valence electrons. The Morgan fingerprint density at radius 2 is 2.10 bits per heavy atom. The molecule has 0 aliphatic carbocycles. The summed E-state index contributed by atoms with van der Waals surface area (Å²) in [5.74, 6) is 0. The van der Waals surface area contributed by atoms with E-state index in [9.17, 15) is 4.79 Å². The van der Waals surface area contributed by atoms with Crippen molar-refractivity contribution >= 4 is 16.6 Å². The highest BCUT2D eigenvalue weighted by Crippen LogP contribution is 2.29.